The number of nitrogens with two attached hydrogens (primary N) is 1. The van der Waals surface area contributed by atoms with Crippen LogP contribution in [-0.4, -0.2) is 53.8 Å². The Morgan fingerprint density at radius 1 is 1.24 bits per heavy atom. The van der Waals surface area contributed by atoms with Crippen molar-refractivity contribution in [3.05, 3.63) is 46.4 Å². The normalized spacial score (nSPS) is 27.3. The molecule has 2 amide bonds. The van der Waals surface area contributed by atoms with Gasteiger partial charge in [0.2, 0.25) is 5.91 Å². The third-order valence-electron chi connectivity index (χ3n) is 8.02. The number of imidazole rings is 2. The minimum Gasteiger partial charge on any atom is -0.453 e. The highest BCUT2D eigenvalue weighted by Gasteiger charge is 2.61. The van der Waals surface area contributed by atoms with Gasteiger partial charge in [-0.25, -0.2) is 24.1 Å². The first-order valence-corrected chi connectivity index (χ1v) is 12.9. The minimum absolute atomic E-state index is 0.00267. The number of carbonyl (C=O) groups excluding carboxylic acids is 2. The molecule has 4 N–H and O–H groups in total. The van der Waals surface area contributed by atoms with Crippen LogP contribution in [-0.2, 0) is 28.1 Å². The third-order valence-corrected chi connectivity index (χ3v) is 8.02. The van der Waals surface area contributed by atoms with E-state index in [1.165, 1.54) is 16.7 Å². The number of hydrogen-bond donors (Lipinski definition) is 3. The zero-order chi connectivity index (χ0) is 33.6. The first-order chi connectivity index (χ1) is 21.4. The van der Waals surface area contributed by atoms with Gasteiger partial charge in [-0.2, -0.15) is 13.2 Å². The van der Waals surface area contributed by atoms with Gasteiger partial charge in [-0.05, 0) is 43.7 Å². The van der Waals surface area contributed by atoms with Crippen LogP contribution in [0.15, 0.2) is 29.2 Å². The van der Waals surface area contributed by atoms with Gasteiger partial charge < -0.3 is 21.1 Å². The number of nitrogens with one attached hydrogen (secondary N) is 2. The van der Waals surface area contributed by atoms with Gasteiger partial charge in [0.25, 0.3) is 0 Å². The van der Waals surface area contributed by atoms with E-state index in [9.17, 15) is 27.6 Å². The number of nitrogens with zero attached hydrogens (tertiary/aromatic N) is 6. The smallest absolute Gasteiger partial charge is 0.435 e. The molecule has 2 aliphatic rings. The molecule has 0 saturated heterocycles. The molecule has 2 aliphatic carbocycles. The van der Waals surface area contributed by atoms with Crippen molar-refractivity contribution in [3.8, 4) is 0 Å². The molecule has 0 spiro atoms. The number of ether oxygens (including phenoxy) is 1. The Morgan fingerprint density at radius 2 is 2.00 bits per heavy atom. The van der Waals surface area contributed by atoms with Crippen LogP contribution in [0.1, 0.15) is 55.7 Å². The van der Waals surface area contributed by atoms with Gasteiger partial charge in [0.15, 0.2) is 11.5 Å². The topological polar surface area (TPSA) is 163 Å². The first-order valence-electron chi connectivity index (χ1n) is 14.9. The second kappa shape index (κ2) is 9.46. The summed E-state index contributed by atoms with van der Waals surface area (Å²) in [7, 11) is 1.15. The summed E-state index contributed by atoms with van der Waals surface area (Å²) >= 11 is 0. The molecule has 4 atom stereocenters. The number of carbonyl (C=O) groups is 2. The van der Waals surface area contributed by atoms with Crippen molar-refractivity contribution in [2.24, 2.45) is 18.6 Å². The van der Waals surface area contributed by atoms with Crippen LogP contribution >= 0.6 is 0 Å². The maximum atomic E-state index is 13.9. The predicted molar refractivity (Wildman–Crippen MR) is 143 cm³/mol. The van der Waals surface area contributed by atoms with Crippen molar-refractivity contribution in [1.82, 2.24) is 34.0 Å². The molecule has 4 unspecified atom stereocenters. The monoisotopic (exact) mass is 591 g/mol. The number of halogens is 3. The summed E-state index contributed by atoms with van der Waals surface area (Å²) in [6, 6.07) is 1.61. The van der Waals surface area contributed by atoms with Gasteiger partial charge in [0, 0.05) is 29.2 Å². The molecule has 0 aromatic carbocycles. The number of primary amides is 1. The molecule has 13 nitrogen and oxygen atoms in total. The lowest BCUT2D eigenvalue weighted by atomic mass is 10.0. The first kappa shape index (κ1) is 23.0. The summed E-state index contributed by atoms with van der Waals surface area (Å²) < 4.78 is 81.5. The predicted octanol–water partition coefficient (Wildman–Crippen LogP) is 2.75. The summed E-state index contributed by atoms with van der Waals surface area (Å²) in [4.78, 5) is 45.7. The number of pyridine rings is 1. The molecular weight excluding hydrogens is 559 g/mol. The summed E-state index contributed by atoms with van der Waals surface area (Å²) in [5, 5.41) is 9.59. The van der Waals surface area contributed by atoms with Gasteiger partial charge >= 0.3 is 18.0 Å². The van der Waals surface area contributed by atoms with Crippen LogP contribution in [0.25, 0.3) is 16.6 Å². The van der Waals surface area contributed by atoms with Crippen molar-refractivity contribution >= 4 is 40.2 Å². The lowest BCUT2D eigenvalue weighted by molar-refractivity contribution is -0.139. The fraction of sp³-hybridized carbons (Fsp3) is 0.462. The minimum atomic E-state index is -4.84. The van der Waals surface area contributed by atoms with E-state index in [-0.39, 0.29) is 65.6 Å². The molecule has 4 aromatic rings. The maximum Gasteiger partial charge on any atom is 0.435 e. The highest BCUT2D eigenvalue weighted by Crippen LogP contribution is 2.54. The number of aromatic nitrogens is 6. The van der Waals surface area contributed by atoms with E-state index < -0.39 is 54.0 Å². The van der Waals surface area contributed by atoms with Crippen molar-refractivity contribution in [2.45, 2.75) is 56.3 Å². The number of hydrogen-bond acceptors (Lipinski definition) is 8. The maximum absolute atomic E-state index is 13.9. The summed E-state index contributed by atoms with van der Waals surface area (Å²) in [5.74, 6) is -1.38. The Hall–Kier alpha value is -4.63. The van der Waals surface area contributed by atoms with Crippen LogP contribution in [0, 0.1) is 5.92 Å². The van der Waals surface area contributed by atoms with Gasteiger partial charge in [0.05, 0.1) is 31.2 Å². The second-order valence-electron chi connectivity index (χ2n) is 10.5. The Balaban J connectivity index is 1.43. The van der Waals surface area contributed by atoms with Gasteiger partial charge in [-0.15, -0.1) is 5.10 Å². The third kappa shape index (κ3) is 4.23. The molecule has 0 bridgehead atoms. The molecule has 2 saturated carbocycles. The van der Waals surface area contributed by atoms with E-state index in [1.54, 1.807) is 6.92 Å². The van der Waals surface area contributed by atoms with E-state index in [0.717, 1.165) is 23.9 Å². The Morgan fingerprint density at radius 3 is 2.64 bits per heavy atom. The number of aryl methyl sites for hydroxylation is 1. The zero-order valence-corrected chi connectivity index (χ0v) is 22.3. The van der Waals surface area contributed by atoms with Crippen LogP contribution in [0.2, 0.25) is 0 Å². The van der Waals surface area contributed by atoms with Crippen molar-refractivity contribution in [2.75, 3.05) is 12.4 Å². The molecule has 6 rings (SSSR count). The lowest BCUT2D eigenvalue weighted by Gasteiger charge is -2.14. The van der Waals surface area contributed by atoms with E-state index in [2.05, 4.69) is 30.4 Å². The van der Waals surface area contributed by atoms with Crippen LogP contribution in [0.4, 0.5) is 29.6 Å². The molecule has 4 heterocycles. The number of rotatable bonds is 6. The van der Waals surface area contributed by atoms with Crippen LogP contribution in [0.5, 0.6) is 0 Å². The van der Waals surface area contributed by atoms with Crippen molar-refractivity contribution < 1.29 is 33.0 Å². The van der Waals surface area contributed by atoms with Gasteiger partial charge in [-0.1, -0.05) is 6.92 Å². The molecule has 2 fully saturated rings. The summed E-state index contributed by atoms with van der Waals surface area (Å²) in [6.07, 6.45) is -3.93. The van der Waals surface area contributed by atoms with E-state index in [0.29, 0.717) is 4.57 Å². The number of methoxy groups -OCH3 is 1. The van der Waals surface area contributed by atoms with E-state index >= 15 is 0 Å². The molecule has 0 radical (unpaired) electrons. The van der Waals surface area contributed by atoms with Gasteiger partial charge in [0.1, 0.15) is 17.1 Å². The highest BCUT2D eigenvalue weighted by atomic mass is 19.4. The molecule has 42 heavy (non-hydrogen) atoms. The number of anilines is 2. The van der Waals surface area contributed by atoms with E-state index in [1.807, 2.05) is 0 Å². The lowest BCUT2D eigenvalue weighted by Crippen LogP contribution is -2.33. The Bertz CT molecular complexity index is 1970. The average Bonchev–Trinajstić information content (AvgIpc) is 3.21. The molecule has 4 aromatic heterocycles. The fourth-order valence-electron chi connectivity index (χ4n) is 5.76. The Labute approximate surface area is 241 Å². The van der Waals surface area contributed by atoms with Crippen molar-refractivity contribution in [3.63, 3.8) is 0 Å². The number of alkyl carbamates (subject to hydrolysis) is 1. The molecule has 16 heteroatoms. The van der Waals surface area contributed by atoms with Crippen LogP contribution < -0.4 is 22.1 Å². The molecule has 0 aliphatic heterocycles. The van der Waals surface area contributed by atoms with Crippen molar-refractivity contribution in [1.29, 1.82) is 0 Å². The number of amides is 2. The molecular formula is C26H28F3N9O4. The standard InChI is InChI=1S/C26H28F3N9O4/c1-12-10-25(12,21(30)39)22-34-20(26(27,28)29)15-6-7-18(35-38(15)22)33-19-9-16-17(11-31-19)36(2)24(41)37(16)14-5-4-13(8-14)32-23(40)42-3/h6-7,9,11-14H,4-5,8,10H2,1-3H3,(H2,30,39)(H,32,40)(H,31,33,35)/i2D3,13D. The zero-order valence-electron chi connectivity index (χ0n) is 26.3. The van der Waals surface area contributed by atoms with Gasteiger partial charge in [-0.3, -0.25) is 13.9 Å². The largest absolute Gasteiger partial charge is 0.453 e. The van der Waals surface area contributed by atoms with E-state index in [4.69, 9.17) is 11.2 Å². The number of fused-ring (bicyclic) bond motifs is 2. The average molecular weight is 592 g/mol. The molecule has 222 valence electrons. The Kier molecular flexibility index (Phi) is 5.18. The number of alkyl halides is 3. The summed E-state index contributed by atoms with van der Waals surface area (Å²) in [6.45, 7) is -1.21. The quantitative estimate of drug-likeness (QED) is 0.308. The second-order valence-corrected chi connectivity index (χ2v) is 10.5. The highest BCUT2D eigenvalue weighted by molar-refractivity contribution is 5.90. The van der Waals surface area contributed by atoms with Crippen LogP contribution in [0.3, 0.4) is 0 Å². The fourth-order valence-corrected chi connectivity index (χ4v) is 5.76. The SMILES string of the molecule is [2H]C1(NC(=O)OC)CCC(n2c(=O)n(C([2H])([2H])[2H])c3cnc(Nc4ccc5c(C(F)(F)F)nc(C6(C(N)=O)CC6C)n5n4)cc32)C1. The summed E-state index contributed by atoms with van der Waals surface area (Å²) in [5.41, 5.74) is 1.80.